The first-order valence-corrected chi connectivity index (χ1v) is 8.70. The fourth-order valence-corrected chi connectivity index (χ4v) is 2.79. The van der Waals surface area contributed by atoms with E-state index in [4.69, 9.17) is 9.47 Å². The van der Waals surface area contributed by atoms with Crippen molar-refractivity contribution in [3.63, 3.8) is 0 Å². The zero-order chi connectivity index (χ0) is 19.8. The lowest BCUT2D eigenvalue weighted by Gasteiger charge is -2.26. The highest BCUT2D eigenvalue weighted by molar-refractivity contribution is 5.97. The third-order valence-electron chi connectivity index (χ3n) is 4.31. The summed E-state index contributed by atoms with van der Waals surface area (Å²) in [5, 5.41) is 0. The van der Waals surface area contributed by atoms with Gasteiger partial charge in [0.05, 0.1) is 25.7 Å². The molecule has 2 rings (SSSR count). The molecule has 144 valence electrons. The number of carbonyl (C=O) groups excluding carboxylic acids is 2. The second-order valence-electron chi connectivity index (χ2n) is 6.25. The van der Waals surface area contributed by atoms with Gasteiger partial charge in [-0.25, -0.2) is 4.39 Å². The molecule has 0 heterocycles. The number of hydrogen-bond donors (Lipinski definition) is 0. The molecule has 1 unspecified atom stereocenters. The van der Waals surface area contributed by atoms with E-state index in [0.29, 0.717) is 24.3 Å². The van der Waals surface area contributed by atoms with Crippen molar-refractivity contribution in [3.8, 4) is 5.75 Å². The van der Waals surface area contributed by atoms with Crippen molar-refractivity contribution in [3.05, 3.63) is 65.5 Å². The molecule has 0 radical (unpaired) electrons. The van der Waals surface area contributed by atoms with Crippen LogP contribution in [-0.2, 0) is 16.0 Å². The van der Waals surface area contributed by atoms with Crippen molar-refractivity contribution in [1.82, 2.24) is 4.90 Å². The number of benzene rings is 2. The molecule has 27 heavy (non-hydrogen) atoms. The van der Waals surface area contributed by atoms with E-state index in [2.05, 4.69) is 0 Å². The molecule has 0 saturated carbocycles. The van der Waals surface area contributed by atoms with E-state index in [9.17, 15) is 14.0 Å². The Labute approximate surface area is 158 Å². The summed E-state index contributed by atoms with van der Waals surface area (Å²) in [5.41, 5.74) is 1.33. The van der Waals surface area contributed by atoms with Crippen LogP contribution in [0.2, 0.25) is 0 Å². The number of halogens is 1. The number of amides is 1. The highest BCUT2D eigenvalue weighted by atomic mass is 19.1. The summed E-state index contributed by atoms with van der Waals surface area (Å²) in [6, 6.07) is 13.1. The minimum Gasteiger partial charge on any atom is -0.496 e. The Morgan fingerprint density at radius 1 is 1.07 bits per heavy atom. The zero-order valence-electron chi connectivity index (χ0n) is 15.8. The molecule has 0 aliphatic carbocycles. The summed E-state index contributed by atoms with van der Waals surface area (Å²) < 4.78 is 23.1. The van der Waals surface area contributed by atoms with Crippen LogP contribution in [0, 0.1) is 11.7 Å². The molecule has 0 aliphatic rings. The molecule has 2 aromatic rings. The van der Waals surface area contributed by atoms with Crippen molar-refractivity contribution >= 4 is 11.9 Å². The average molecular weight is 373 g/mol. The Balaban J connectivity index is 2.21. The Kier molecular flexibility index (Phi) is 7.34. The Bertz CT molecular complexity index is 776. The first kappa shape index (κ1) is 20.4. The minimum atomic E-state index is -0.470. The van der Waals surface area contributed by atoms with Gasteiger partial charge < -0.3 is 14.4 Å². The first-order valence-electron chi connectivity index (χ1n) is 8.70. The SMILES string of the molecule is COC(=O)C(C)CN(CCc1ccc(F)cc1)C(=O)c1ccccc1OC. The maximum absolute atomic E-state index is 13.1. The lowest BCUT2D eigenvalue weighted by molar-refractivity contribution is -0.145. The first-order chi connectivity index (χ1) is 13.0. The Hall–Kier alpha value is -2.89. The Morgan fingerprint density at radius 3 is 2.37 bits per heavy atom. The highest BCUT2D eigenvalue weighted by Crippen LogP contribution is 2.20. The van der Waals surface area contributed by atoms with Crippen LogP contribution in [0.15, 0.2) is 48.5 Å². The van der Waals surface area contributed by atoms with E-state index in [1.165, 1.54) is 26.4 Å². The van der Waals surface area contributed by atoms with Gasteiger partial charge in [0.25, 0.3) is 5.91 Å². The van der Waals surface area contributed by atoms with Gasteiger partial charge in [-0.15, -0.1) is 0 Å². The lowest BCUT2D eigenvalue weighted by atomic mass is 10.1. The van der Waals surface area contributed by atoms with Crippen LogP contribution in [-0.4, -0.2) is 44.1 Å². The third kappa shape index (κ3) is 5.54. The second-order valence-corrected chi connectivity index (χ2v) is 6.25. The van der Waals surface area contributed by atoms with Crippen LogP contribution in [0.1, 0.15) is 22.8 Å². The van der Waals surface area contributed by atoms with Gasteiger partial charge in [-0.2, -0.15) is 0 Å². The standard InChI is InChI=1S/C21H24FNO4/c1-15(21(25)27-3)14-23(13-12-16-8-10-17(22)11-9-16)20(24)18-6-4-5-7-19(18)26-2/h4-11,15H,12-14H2,1-3H3. The van der Waals surface area contributed by atoms with Crippen LogP contribution >= 0.6 is 0 Å². The van der Waals surface area contributed by atoms with Gasteiger partial charge in [-0.1, -0.05) is 31.2 Å². The largest absolute Gasteiger partial charge is 0.496 e. The van der Waals surface area contributed by atoms with Gasteiger partial charge in [0.2, 0.25) is 0 Å². The molecule has 0 N–H and O–H groups in total. The minimum absolute atomic E-state index is 0.213. The molecule has 0 spiro atoms. The molecule has 0 bridgehead atoms. The second kappa shape index (κ2) is 9.71. The van der Waals surface area contributed by atoms with Crippen molar-refractivity contribution < 1.29 is 23.5 Å². The predicted molar refractivity (Wildman–Crippen MR) is 100 cm³/mol. The predicted octanol–water partition coefficient (Wildman–Crippen LogP) is 3.33. The third-order valence-corrected chi connectivity index (χ3v) is 4.31. The number of carbonyl (C=O) groups is 2. The number of nitrogens with zero attached hydrogens (tertiary/aromatic N) is 1. The number of hydrogen-bond acceptors (Lipinski definition) is 4. The van der Waals surface area contributed by atoms with Gasteiger partial charge in [-0.05, 0) is 36.2 Å². The lowest BCUT2D eigenvalue weighted by Crippen LogP contribution is -2.38. The molecule has 5 nitrogen and oxygen atoms in total. The molecule has 1 atom stereocenters. The van der Waals surface area contributed by atoms with Gasteiger partial charge >= 0.3 is 5.97 Å². The van der Waals surface area contributed by atoms with Gasteiger partial charge in [0.1, 0.15) is 11.6 Å². The fourth-order valence-electron chi connectivity index (χ4n) is 2.79. The smallest absolute Gasteiger partial charge is 0.310 e. The number of esters is 1. The maximum atomic E-state index is 13.1. The molecule has 2 aromatic carbocycles. The van der Waals surface area contributed by atoms with E-state index in [-0.39, 0.29) is 24.2 Å². The molecule has 1 amide bonds. The zero-order valence-corrected chi connectivity index (χ0v) is 15.8. The summed E-state index contributed by atoms with van der Waals surface area (Å²) >= 11 is 0. The quantitative estimate of drug-likeness (QED) is 0.666. The van der Waals surface area contributed by atoms with E-state index >= 15 is 0 Å². The van der Waals surface area contributed by atoms with Crippen LogP contribution in [0.3, 0.4) is 0 Å². The number of methoxy groups -OCH3 is 2. The maximum Gasteiger partial charge on any atom is 0.310 e. The van der Waals surface area contributed by atoms with Crippen molar-refractivity contribution in [2.75, 3.05) is 27.3 Å². The molecular weight excluding hydrogens is 349 g/mol. The van der Waals surface area contributed by atoms with Crippen molar-refractivity contribution in [1.29, 1.82) is 0 Å². The monoisotopic (exact) mass is 373 g/mol. The number of ether oxygens (including phenoxy) is 2. The number of para-hydroxylation sites is 1. The van der Waals surface area contributed by atoms with E-state index < -0.39 is 5.92 Å². The molecule has 0 saturated heterocycles. The normalized spacial score (nSPS) is 11.6. The van der Waals surface area contributed by atoms with Crippen LogP contribution in [0.4, 0.5) is 4.39 Å². The van der Waals surface area contributed by atoms with Gasteiger partial charge in [0, 0.05) is 13.1 Å². The average Bonchev–Trinajstić information content (AvgIpc) is 2.70. The highest BCUT2D eigenvalue weighted by Gasteiger charge is 2.24. The van der Waals surface area contributed by atoms with Crippen LogP contribution in [0.5, 0.6) is 5.75 Å². The summed E-state index contributed by atoms with van der Waals surface area (Å²) in [7, 11) is 2.83. The molecule has 6 heteroatoms. The van der Waals surface area contributed by atoms with Crippen LogP contribution in [0.25, 0.3) is 0 Å². The molecule has 0 aromatic heterocycles. The van der Waals surface area contributed by atoms with E-state index in [1.54, 1.807) is 48.2 Å². The molecule has 0 fully saturated rings. The summed E-state index contributed by atoms with van der Waals surface area (Å²) in [6.45, 7) is 2.31. The molecular formula is C21H24FNO4. The van der Waals surface area contributed by atoms with Gasteiger partial charge in [-0.3, -0.25) is 9.59 Å². The summed E-state index contributed by atoms with van der Waals surface area (Å²) in [4.78, 5) is 26.5. The molecule has 0 aliphatic heterocycles. The Morgan fingerprint density at radius 2 is 1.74 bits per heavy atom. The summed E-state index contributed by atoms with van der Waals surface area (Å²) in [6.07, 6.45) is 0.537. The van der Waals surface area contributed by atoms with Crippen LogP contribution < -0.4 is 4.74 Å². The van der Waals surface area contributed by atoms with E-state index in [0.717, 1.165) is 5.56 Å². The fraction of sp³-hybridized carbons (Fsp3) is 0.333. The van der Waals surface area contributed by atoms with Crippen molar-refractivity contribution in [2.45, 2.75) is 13.3 Å². The van der Waals surface area contributed by atoms with E-state index in [1.807, 2.05) is 0 Å². The van der Waals surface area contributed by atoms with Gasteiger partial charge in [0.15, 0.2) is 0 Å². The summed E-state index contributed by atoms with van der Waals surface area (Å²) in [5.74, 6) is -0.915. The topological polar surface area (TPSA) is 55.8 Å². The van der Waals surface area contributed by atoms with Crippen molar-refractivity contribution in [2.24, 2.45) is 5.92 Å². The number of rotatable bonds is 8.